The second-order valence-corrected chi connectivity index (χ2v) is 11.8. The number of benzene rings is 3. The number of aromatic amines is 1. The molecular formula is C25H23N7O13S2-2. The van der Waals surface area contributed by atoms with Gasteiger partial charge in [-0.3, -0.25) is 4.98 Å². The van der Waals surface area contributed by atoms with Crippen LogP contribution in [0.1, 0.15) is 0 Å². The molecule has 47 heavy (non-hydrogen) atoms. The summed E-state index contributed by atoms with van der Waals surface area (Å²) in [6, 6.07) is 9.66. The zero-order chi connectivity index (χ0) is 33.9. The number of anilines is 3. The first-order valence-electron chi connectivity index (χ1n) is 13.1. The number of fused-ring (bicyclic) bond motifs is 1. The number of azo groups is 1. The summed E-state index contributed by atoms with van der Waals surface area (Å²) in [6.45, 7) is -0.719. The molecule has 1 aromatic heterocycles. The summed E-state index contributed by atoms with van der Waals surface area (Å²) in [5, 5.41) is 78.9. The first-order valence-corrected chi connectivity index (χ1v) is 15.3. The molecule has 5 atom stereocenters. The Balaban J connectivity index is 1.60. The van der Waals surface area contributed by atoms with E-state index in [0.717, 1.165) is 12.1 Å². The van der Waals surface area contributed by atoms with Crippen LogP contribution in [0.2, 0.25) is 0 Å². The molecule has 1 aliphatic heterocycles. The summed E-state index contributed by atoms with van der Waals surface area (Å²) in [5.41, 5.74) is -1.42. The van der Waals surface area contributed by atoms with Crippen LogP contribution in [0.25, 0.3) is 10.8 Å². The van der Waals surface area contributed by atoms with E-state index < -0.39 is 75.6 Å². The first-order chi connectivity index (χ1) is 22.4. The Kier molecular flexibility index (Phi) is 10.3. The van der Waals surface area contributed by atoms with E-state index in [2.05, 4.69) is 45.2 Å². The van der Waals surface area contributed by atoms with Crippen molar-refractivity contribution < 1.29 is 57.9 Å². The van der Waals surface area contributed by atoms with Crippen molar-refractivity contribution in [2.24, 2.45) is 10.2 Å². The maximum Gasteiger partial charge on any atom is 0.351 e. The van der Waals surface area contributed by atoms with Gasteiger partial charge < -0.3 is 45.5 Å². The van der Waals surface area contributed by atoms with Crippen LogP contribution >= 0.6 is 12.0 Å². The monoisotopic (exact) mass is 693 g/mol. The van der Waals surface area contributed by atoms with Gasteiger partial charge in [0.15, 0.2) is 6.29 Å². The minimum Gasteiger partial charge on any atom is -0.870 e. The number of nitrogens with one attached hydrogen (secondary N) is 3. The molecular weight excluding hydrogens is 670 g/mol. The molecule has 1 fully saturated rings. The molecule has 0 aliphatic carbocycles. The third-order valence-electron chi connectivity index (χ3n) is 6.67. The van der Waals surface area contributed by atoms with Crippen molar-refractivity contribution in [2.75, 3.05) is 17.2 Å². The third-order valence-corrected chi connectivity index (χ3v) is 8.10. The fraction of sp³-hybridized carbons (Fsp3) is 0.240. The topological polar surface area (TPSA) is 317 Å². The molecule has 1 saturated heterocycles. The van der Waals surface area contributed by atoms with Gasteiger partial charge in [0, 0.05) is 5.69 Å². The quantitative estimate of drug-likeness (QED) is 0.0339. The Morgan fingerprint density at radius 3 is 2.51 bits per heavy atom. The molecule has 0 radical (unpaired) electrons. The molecule has 5 rings (SSSR count). The van der Waals surface area contributed by atoms with E-state index in [4.69, 9.17) is 9.99 Å². The zero-order valence-electron chi connectivity index (χ0n) is 23.3. The third kappa shape index (κ3) is 7.64. The SMILES string of the molecule is O=c1nc(NC2C(O)OC(CO)C(O)C2O)nc(Nc2cc(S(=O)(=O)[O-])cc3cc(SOOO)c(N=Nc4ccccc4)c([O-])c23)[nH]1. The zero-order valence-corrected chi connectivity index (χ0v) is 25.0. The van der Waals surface area contributed by atoms with Crippen LogP contribution in [-0.4, -0.2) is 90.9 Å². The summed E-state index contributed by atoms with van der Waals surface area (Å²) < 4.78 is 45.7. The maximum absolute atomic E-state index is 13.8. The second kappa shape index (κ2) is 14.2. The van der Waals surface area contributed by atoms with Crippen LogP contribution in [0.15, 0.2) is 73.3 Å². The van der Waals surface area contributed by atoms with Gasteiger partial charge in [0.2, 0.25) is 11.9 Å². The highest BCUT2D eigenvalue weighted by Crippen LogP contribution is 2.46. The van der Waals surface area contributed by atoms with Crippen LogP contribution in [0, 0.1) is 0 Å². The van der Waals surface area contributed by atoms with Gasteiger partial charge in [0.1, 0.15) is 34.5 Å². The van der Waals surface area contributed by atoms with Crippen molar-refractivity contribution in [1.82, 2.24) is 15.0 Å². The van der Waals surface area contributed by atoms with Crippen molar-refractivity contribution in [3.63, 3.8) is 0 Å². The van der Waals surface area contributed by atoms with E-state index in [1.54, 1.807) is 30.3 Å². The lowest BCUT2D eigenvalue weighted by Crippen LogP contribution is -2.61. The molecule has 8 N–H and O–H groups in total. The summed E-state index contributed by atoms with van der Waals surface area (Å²) in [4.78, 5) is 21.3. The minimum absolute atomic E-state index is 0.109. The van der Waals surface area contributed by atoms with Crippen LogP contribution in [0.4, 0.5) is 29.0 Å². The van der Waals surface area contributed by atoms with Gasteiger partial charge >= 0.3 is 5.69 Å². The molecule has 3 aromatic carbocycles. The first kappa shape index (κ1) is 34.0. The number of hydrogen-bond donors (Lipinski definition) is 8. The van der Waals surface area contributed by atoms with Gasteiger partial charge in [-0.1, -0.05) is 29.0 Å². The molecule has 0 saturated carbocycles. The number of aliphatic hydroxyl groups excluding tert-OH is 4. The van der Waals surface area contributed by atoms with Crippen molar-refractivity contribution >= 4 is 61.9 Å². The van der Waals surface area contributed by atoms with E-state index in [0.29, 0.717) is 17.7 Å². The largest absolute Gasteiger partial charge is 0.870 e. The highest BCUT2D eigenvalue weighted by molar-refractivity contribution is 7.94. The Bertz CT molecular complexity index is 1950. The normalized spacial score (nSPS) is 21.7. The summed E-state index contributed by atoms with van der Waals surface area (Å²) in [5.74, 6) is -1.88. The average Bonchev–Trinajstić information content (AvgIpc) is 3.03. The predicted molar refractivity (Wildman–Crippen MR) is 156 cm³/mol. The molecule has 5 unspecified atom stereocenters. The Morgan fingerprint density at radius 2 is 1.83 bits per heavy atom. The van der Waals surface area contributed by atoms with Gasteiger partial charge in [-0.15, -0.1) is 9.45 Å². The molecule has 0 bridgehead atoms. The number of hydrogen-bond acceptors (Lipinski definition) is 20. The number of rotatable bonds is 11. The molecule has 2 heterocycles. The van der Waals surface area contributed by atoms with Crippen molar-refractivity contribution in [1.29, 1.82) is 0 Å². The Hall–Kier alpha value is -4.33. The van der Waals surface area contributed by atoms with E-state index in [1.807, 2.05) is 0 Å². The molecule has 4 aromatic rings. The molecule has 250 valence electrons. The van der Waals surface area contributed by atoms with Gasteiger partial charge in [0.25, 0.3) is 0 Å². The van der Waals surface area contributed by atoms with Crippen molar-refractivity contribution in [3.05, 3.63) is 59.0 Å². The number of aliphatic hydroxyl groups is 4. The Labute approximate surface area is 267 Å². The number of nitrogens with zero attached hydrogens (tertiary/aromatic N) is 4. The van der Waals surface area contributed by atoms with Gasteiger partial charge in [-0.2, -0.15) is 15.1 Å². The van der Waals surface area contributed by atoms with Crippen molar-refractivity contribution in [2.45, 2.75) is 40.4 Å². The number of aromatic nitrogens is 3. The van der Waals surface area contributed by atoms with Crippen LogP contribution in [0.3, 0.4) is 0 Å². The molecule has 20 nitrogen and oxygen atoms in total. The lowest BCUT2D eigenvalue weighted by Gasteiger charge is -2.40. The fourth-order valence-electron chi connectivity index (χ4n) is 4.54. The maximum atomic E-state index is 13.8. The number of H-pyrrole nitrogens is 1. The summed E-state index contributed by atoms with van der Waals surface area (Å²) >= 11 is 0.324. The minimum atomic E-state index is -5.13. The van der Waals surface area contributed by atoms with Gasteiger partial charge in [0.05, 0.1) is 39.8 Å². The van der Waals surface area contributed by atoms with Gasteiger partial charge in [-0.25, -0.2) is 18.5 Å². The second-order valence-electron chi connectivity index (χ2n) is 9.69. The van der Waals surface area contributed by atoms with E-state index in [-0.39, 0.29) is 27.0 Å². The van der Waals surface area contributed by atoms with Crippen LogP contribution < -0.4 is 21.4 Å². The smallest absolute Gasteiger partial charge is 0.351 e. The molecule has 0 spiro atoms. The van der Waals surface area contributed by atoms with Crippen LogP contribution in [0.5, 0.6) is 5.75 Å². The summed E-state index contributed by atoms with van der Waals surface area (Å²) in [6.07, 6.45) is -6.48. The van der Waals surface area contributed by atoms with E-state index in [9.17, 15) is 43.3 Å². The van der Waals surface area contributed by atoms with Crippen LogP contribution in [-0.2, 0) is 24.2 Å². The lowest BCUT2D eigenvalue weighted by molar-refractivity contribution is -0.432. The molecule has 0 amide bonds. The van der Waals surface area contributed by atoms with Gasteiger partial charge in [-0.05, 0) is 41.1 Å². The molecule has 1 aliphatic rings. The number of ether oxygens (including phenoxy) is 1. The highest BCUT2D eigenvalue weighted by Gasteiger charge is 2.44. The fourth-order valence-corrected chi connectivity index (χ4v) is 5.56. The van der Waals surface area contributed by atoms with Crippen molar-refractivity contribution in [3.8, 4) is 5.75 Å². The standard InChI is InChI=1S/C25H25N7O13S2/c33-9-14-19(34)21(36)18(22(37)43-14)27-24-28-23(29-25(38)30-24)26-13-8-12(47(40,41)42)6-10-7-15(46-45-44-39)17(20(35)16(10)13)32-31-11-4-2-1-3-5-11/h1-8,14,18-19,21-22,33-37,39H,9H2,(H,40,41,42)(H3,26,27,28,29,30,38)/p-2. The Morgan fingerprint density at radius 1 is 1.09 bits per heavy atom. The average molecular weight is 694 g/mol. The lowest BCUT2D eigenvalue weighted by atomic mass is 9.97. The van der Waals surface area contributed by atoms with E-state index >= 15 is 0 Å². The summed E-state index contributed by atoms with van der Waals surface area (Å²) in [7, 11) is -5.13. The predicted octanol–water partition coefficient (Wildman–Crippen LogP) is 0.0949. The van der Waals surface area contributed by atoms with E-state index in [1.165, 1.54) is 6.07 Å². The highest BCUT2D eigenvalue weighted by atomic mass is 32.2. The molecule has 22 heteroatoms.